The molecule has 0 radical (unpaired) electrons. The average molecular weight is 810 g/mol. The highest BCUT2D eigenvalue weighted by Gasteiger charge is 2.55. The van der Waals surface area contributed by atoms with Crippen LogP contribution < -0.4 is 5.32 Å². The smallest absolute Gasteiger partial charge is 0.187 e. The molecule has 24 nitrogen and oxygen atoms in total. The van der Waals surface area contributed by atoms with Crippen molar-refractivity contribution in [1.82, 2.24) is 5.32 Å². The van der Waals surface area contributed by atoms with E-state index in [1.54, 1.807) is 0 Å². The molecule has 0 unspecified atom stereocenters. The SMILES string of the molecule is C[C@H]1O[C@H](O[C@H]2[C@H](O)[C@@H](O)[C@@H](O)O[C@@H]2CO)[C@H](O)[C@@H](O)[C@@H]1N[C@H]1C[C@H](CO)[C@@H](O[C@H]2O[C@H](CO)[C@@H](O[C@@H]3O[C@H](CO)[C@@H](O)[C@H](O)[C@H]3O)[C@H](O)[C@H]2O)[C@H](O)[C@H]1O. The molecule has 0 aromatic heterocycles. The predicted octanol–water partition coefficient (Wildman–Crippen LogP) is -10.7. The molecule has 0 amide bonds. The summed E-state index contributed by atoms with van der Waals surface area (Å²) in [7, 11) is 0. The Balaban J connectivity index is 1.21. The van der Waals surface area contributed by atoms with Gasteiger partial charge in [0.2, 0.25) is 0 Å². The van der Waals surface area contributed by atoms with Crippen LogP contribution in [0, 0.1) is 5.92 Å². The third kappa shape index (κ3) is 9.13. The molecule has 5 aliphatic rings. The molecule has 0 aromatic carbocycles. The predicted molar refractivity (Wildman–Crippen MR) is 170 cm³/mol. The first kappa shape index (κ1) is 45.1. The zero-order valence-corrected chi connectivity index (χ0v) is 29.5. The van der Waals surface area contributed by atoms with Crippen molar-refractivity contribution in [2.24, 2.45) is 5.92 Å². The summed E-state index contributed by atoms with van der Waals surface area (Å²) in [5.74, 6) is -1.01. The van der Waals surface area contributed by atoms with Gasteiger partial charge in [0, 0.05) is 18.6 Å². The standard InChI is InChI=1S/C31H55NO23/c1-7-13(16(39)22(45)29(49-7)54-26-11(5-35)50-28(48)21(44)19(26)42)32-9-2-8(3-33)25(18(41)14(9)37)53-31-24(47)20(43)27(12(6-36)52-31)55-30-23(46)17(40)15(38)10(4-34)51-30/h7-48H,2-6H2,1H3/t7-,8-,9+,10-,11-,12-,13-,14+,15-,16+,17+,18-,19-,20-,21-,22-,23-,24-,25-,26-,27-,28+,29-,30+,31-/m1/s1. The van der Waals surface area contributed by atoms with E-state index in [1.165, 1.54) is 6.92 Å². The van der Waals surface area contributed by atoms with E-state index in [1.807, 2.05) is 0 Å². The number of ether oxygens (including phenoxy) is 7. The number of aliphatic hydroxyl groups excluding tert-OH is 16. The van der Waals surface area contributed by atoms with Crippen molar-refractivity contribution < 1.29 is 115 Å². The van der Waals surface area contributed by atoms with Crippen molar-refractivity contribution in [3.63, 3.8) is 0 Å². The second-order valence-electron chi connectivity index (χ2n) is 14.6. The molecule has 1 saturated carbocycles. The van der Waals surface area contributed by atoms with Crippen LogP contribution in [0.3, 0.4) is 0 Å². The van der Waals surface area contributed by atoms with Gasteiger partial charge in [0.15, 0.2) is 25.2 Å². The second kappa shape index (κ2) is 19.0. The molecule has 4 aliphatic heterocycles. The Morgan fingerprint density at radius 2 is 0.909 bits per heavy atom. The highest BCUT2D eigenvalue weighted by molar-refractivity contribution is 5.03. The van der Waals surface area contributed by atoms with E-state index in [0.717, 1.165) is 0 Å². The van der Waals surface area contributed by atoms with Crippen LogP contribution in [-0.2, 0) is 33.2 Å². The monoisotopic (exact) mass is 809 g/mol. The maximum atomic E-state index is 11.2. The van der Waals surface area contributed by atoms with E-state index < -0.39 is 179 Å². The minimum absolute atomic E-state index is 0.160. The van der Waals surface area contributed by atoms with Gasteiger partial charge in [-0.1, -0.05) is 0 Å². The van der Waals surface area contributed by atoms with Crippen molar-refractivity contribution in [3.05, 3.63) is 0 Å². The van der Waals surface area contributed by atoms with Crippen LogP contribution >= 0.6 is 0 Å². The van der Waals surface area contributed by atoms with Crippen molar-refractivity contribution in [2.45, 2.75) is 160 Å². The molecule has 5 rings (SSSR count). The molecule has 17 N–H and O–H groups in total. The summed E-state index contributed by atoms with van der Waals surface area (Å²) in [5.41, 5.74) is 0. The molecule has 24 heteroatoms. The van der Waals surface area contributed by atoms with Gasteiger partial charge in [-0.15, -0.1) is 0 Å². The maximum absolute atomic E-state index is 11.2. The minimum Gasteiger partial charge on any atom is -0.396 e. The summed E-state index contributed by atoms with van der Waals surface area (Å²) in [6.45, 7) is -1.63. The Morgan fingerprint density at radius 3 is 1.47 bits per heavy atom. The fraction of sp³-hybridized carbons (Fsp3) is 1.00. The van der Waals surface area contributed by atoms with Gasteiger partial charge in [-0.25, -0.2) is 0 Å². The number of hydrogen-bond donors (Lipinski definition) is 17. The quantitative estimate of drug-likeness (QED) is 0.0870. The highest BCUT2D eigenvalue weighted by atomic mass is 16.7. The molecule has 4 saturated heterocycles. The van der Waals surface area contributed by atoms with Crippen molar-refractivity contribution in [2.75, 3.05) is 26.4 Å². The Kier molecular flexibility index (Phi) is 15.6. The summed E-state index contributed by atoms with van der Waals surface area (Å²) in [6.07, 6.45) is -37.1. The summed E-state index contributed by atoms with van der Waals surface area (Å²) in [6, 6.07) is -2.26. The van der Waals surface area contributed by atoms with Gasteiger partial charge in [-0.2, -0.15) is 0 Å². The minimum atomic E-state index is -1.98. The van der Waals surface area contributed by atoms with Crippen molar-refractivity contribution in [3.8, 4) is 0 Å². The zero-order chi connectivity index (χ0) is 40.6. The van der Waals surface area contributed by atoms with E-state index in [-0.39, 0.29) is 6.42 Å². The molecule has 4 heterocycles. The lowest BCUT2D eigenvalue weighted by atomic mass is 9.78. The molecule has 55 heavy (non-hydrogen) atoms. The Bertz CT molecular complexity index is 1190. The normalized spacial score (nSPS) is 53.9. The number of nitrogens with one attached hydrogen (secondary N) is 1. The molecule has 0 aromatic rings. The van der Waals surface area contributed by atoms with Crippen LogP contribution in [0.2, 0.25) is 0 Å². The second-order valence-corrected chi connectivity index (χ2v) is 14.6. The van der Waals surface area contributed by atoms with Crippen LogP contribution in [0.25, 0.3) is 0 Å². The molecule has 0 spiro atoms. The summed E-state index contributed by atoms with van der Waals surface area (Å²) in [5, 5.41) is 169. The number of hydrogen-bond acceptors (Lipinski definition) is 24. The zero-order valence-electron chi connectivity index (χ0n) is 29.5. The molecule has 322 valence electrons. The van der Waals surface area contributed by atoms with Gasteiger partial charge >= 0.3 is 0 Å². The maximum Gasteiger partial charge on any atom is 0.187 e. The lowest BCUT2D eigenvalue weighted by molar-refractivity contribution is -0.368. The third-order valence-corrected chi connectivity index (χ3v) is 11.0. The van der Waals surface area contributed by atoms with E-state index in [9.17, 15) is 81.7 Å². The van der Waals surface area contributed by atoms with Gasteiger partial charge in [0.25, 0.3) is 0 Å². The molecular weight excluding hydrogens is 754 g/mol. The van der Waals surface area contributed by atoms with Crippen LogP contribution in [-0.4, -0.2) is 255 Å². The van der Waals surface area contributed by atoms with Crippen LogP contribution in [0.1, 0.15) is 13.3 Å². The average Bonchev–Trinajstić information content (AvgIpc) is 3.17. The number of rotatable bonds is 12. The van der Waals surface area contributed by atoms with Crippen LogP contribution in [0.4, 0.5) is 0 Å². The summed E-state index contributed by atoms with van der Waals surface area (Å²) in [4.78, 5) is 0. The lowest BCUT2D eigenvalue weighted by Crippen LogP contribution is -2.69. The molecule has 25 atom stereocenters. The van der Waals surface area contributed by atoms with Gasteiger partial charge in [-0.3, -0.25) is 0 Å². The van der Waals surface area contributed by atoms with Gasteiger partial charge in [0.1, 0.15) is 91.6 Å². The Hall–Kier alpha value is -0.960. The first-order valence-corrected chi connectivity index (χ1v) is 17.9. The van der Waals surface area contributed by atoms with Gasteiger partial charge in [0.05, 0.1) is 44.2 Å². The van der Waals surface area contributed by atoms with Crippen molar-refractivity contribution >= 4 is 0 Å². The third-order valence-electron chi connectivity index (χ3n) is 11.0. The first-order valence-electron chi connectivity index (χ1n) is 17.9. The summed E-state index contributed by atoms with van der Waals surface area (Å²) < 4.78 is 38.6. The van der Waals surface area contributed by atoms with Crippen LogP contribution in [0.5, 0.6) is 0 Å². The fourth-order valence-electron chi connectivity index (χ4n) is 7.68. The largest absolute Gasteiger partial charge is 0.396 e. The topological polar surface area (TPSA) is 400 Å². The molecule has 5 fully saturated rings. The van der Waals surface area contributed by atoms with Crippen LogP contribution in [0.15, 0.2) is 0 Å². The molecular formula is C31H55NO23. The lowest BCUT2D eigenvalue weighted by Gasteiger charge is -2.50. The Labute approximate surface area is 313 Å². The number of aliphatic hydroxyl groups is 16. The molecule has 0 bridgehead atoms. The van der Waals surface area contributed by atoms with E-state index in [2.05, 4.69) is 5.32 Å². The first-order chi connectivity index (χ1) is 26.0. The fourth-order valence-corrected chi connectivity index (χ4v) is 7.68. The molecule has 1 aliphatic carbocycles. The van der Waals surface area contributed by atoms with E-state index >= 15 is 0 Å². The van der Waals surface area contributed by atoms with Gasteiger partial charge < -0.3 is 120 Å². The Morgan fingerprint density at radius 1 is 0.455 bits per heavy atom. The van der Waals surface area contributed by atoms with Gasteiger partial charge in [-0.05, 0) is 13.3 Å². The summed E-state index contributed by atoms with van der Waals surface area (Å²) >= 11 is 0. The van der Waals surface area contributed by atoms with Crippen molar-refractivity contribution in [1.29, 1.82) is 0 Å². The van der Waals surface area contributed by atoms with E-state index in [0.29, 0.717) is 0 Å². The van der Waals surface area contributed by atoms with E-state index in [4.69, 9.17) is 33.2 Å². The highest BCUT2D eigenvalue weighted by Crippen LogP contribution is 2.35.